The summed E-state index contributed by atoms with van der Waals surface area (Å²) in [6.07, 6.45) is 9.36. The molecule has 4 aromatic heterocycles. The minimum atomic E-state index is -0.348. The second-order valence-electron chi connectivity index (χ2n) is 11.2. The van der Waals surface area contributed by atoms with Gasteiger partial charge < -0.3 is 25.1 Å². The number of nitrogens with one attached hydrogen (secondary N) is 1. The number of pyridine rings is 3. The van der Waals surface area contributed by atoms with Crippen LogP contribution in [0.1, 0.15) is 37.2 Å². The van der Waals surface area contributed by atoms with Gasteiger partial charge in [-0.3, -0.25) is 4.98 Å². The van der Waals surface area contributed by atoms with E-state index in [0.29, 0.717) is 24.1 Å². The van der Waals surface area contributed by atoms with Crippen molar-refractivity contribution in [2.75, 3.05) is 61.4 Å². The van der Waals surface area contributed by atoms with Crippen LogP contribution in [-0.2, 0) is 0 Å². The molecule has 1 unspecified atom stereocenters. The third-order valence-corrected chi connectivity index (χ3v) is 8.17. The van der Waals surface area contributed by atoms with Crippen LogP contribution in [0.3, 0.4) is 0 Å². The zero-order valence-corrected chi connectivity index (χ0v) is 22.9. The van der Waals surface area contributed by atoms with Gasteiger partial charge in [-0.15, -0.1) is 0 Å². The van der Waals surface area contributed by atoms with Crippen LogP contribution in [-0.4, -0.2) is 87.3 Å². The van der Waals surface area contributed by atoms with Crippen LogP contribution >= 0.6 is 0 Å². The van der Waals surface area contributed by atoms with Crippen molar-refractivity contribution >= 4 is 34.2 Å². The van der Waals surface area contributed by atoms with Crippen LogP contribution in [0.5, 0.6) is 0 Å². The Hall–Kier alpha value is -3.89. The van der Waals surface area contributed by atoms with Crippen molar-refractivity contribution in [1.29, 1.82) is 0 Å². The zero-order chi connectivity index (χ0) is 27.1. The van der Waals surface area contributed by atoms with Crippen LogP contribution in [0, 0.1) is 0 Å². The summed E-state index contributed by atoms with van der Waals surface area (Å²) in [5.41, 5.74) is 2.94. The first kappa shape index (κ1) is 25.1. The number of aliphatic hydroxyl groups is 1. The normalized spacial score (nSPS) is 20.2. The summed E-state index contributed by atoms with van der Waals surface area (Å²) in [5, 5.41) is 14.9. The van der Waals surface area contributed by atoms with E-state index in [2.05, 4.69) is 43.1 Å². The number of fused-ring (bicyclic) bond motifs is 1. The third-order valence-electron chi connectivity index (χ3n) is 8.17. The number of rotatable bonds is 6. The summed E-state index contributed by atoms with van der Waals surface area (Å²) < 4.78 is 0. The topological polar surface area (TPSA) is 106 Å². The number of nitrogens with zero attached hydrogens (tertiary/aromatic N) is 8. The summed E-state index contributed by atoms with van der Waals surface area (Å²) in [6, 6.07) is 9.96. The van der Waals surface area contributed by atoms with Crippen molar-refractivity contribution in [2.45, 2.75) is 37.7 Å². The summed E-state index contributed by atoms with van der Waals surface area (Å²) in [4.78, 5) is 30.9. The fourth-order valence-corrected chi connectivity index (χ4v) is 5.77. The van der Waals surface area contributed by atoms with Gasteiger partial charge in [-0.05, 0) is 68.5 Å². The minimum Gasteiger partial charge on any atom is -0.391 e. The first-order valence-electron chi connectivity index (χ1n) is 14.3. The molecule has 2 aliphatic heterocycles. The number of aromatic nitrogens is 5. The summed E-state index contributed by atoms with van der Waals surface area (Å²) >= 11 is 0. The molecule has 3 aliphatic rings. The fraction of sp³-hybridized carbons (Fsp3) is 0.433. The molecule has 10 heteroatoms. The van der Waals surface area contributed by atoms with Gasteiger partial charge in [0, 0.05) is 62.6 Å². The van der Waals surface area contributed by atoms with E-state index in [0.717, 1.165) is 79.5 Å². The Kier molecular flexibility index (Phi) is 6.65. The largest absolute Gasteiger partial charge is 0.391 e. The molecule has 1 saturated carbocycles. The number of likely N-dealkylation sites (N-methyl/N-ethyl adjacent to an activating group) is 1. The molecule has 6 heterocycles. The van der Waals surface area contributed by atoms with Gasteiger partial charge in [0.25, 0.3) is 0 Å². The number of anilines is 4. The van der Waals surface area contributed by atoms with Gasteiger partial charge in [-0.2, -0.15) is 0 Å². The van der Waals surface area contributed by atoms with Crippen LogP contribution in [0.4, 0.5) is 23.3 Å². The van der Waals surface area contributed by atoms with Gasteiger partial charge in [0.05, 0.1) is 17.8 Å². The SMILES string of the molecule is CN1CCN(c2cccc(Nc3cc(-c4nc(N5CCCC(O)C5)c5c(C6CC6)cncc5n4)ccn3)n2)CC1. The molecular formula is C30H35N9O. The molecular weight excluding hydrogens is 502 g/mol. The predicted molar refractivity (Wildman–Crippen MR) is 157 cm³/mol. The molecule has 40 heavy (non-hydrogen) atoms. The molecule has 0 aromatic carbocycles. The fourth-order valence-electron chi connectivity index (χ4n) is 5.77. The second kappa shape index (κ2) is 10.6. The lowest BCUT2D eigenvalue weighted by atomic mass is 10.0. The van der Waals surface area contributed by atoms with E-state index in [4.69, 9.17) is 15.0 Å². The van der Waals surface area contributed by atoms with Crippen molar-refractivity contribution < 1.29 is 5.11 Å². The molecule has 10 nitrogen and oxygen atoms in total. The van der Waals surface area contributed by atoms with Gasteiger partial charge in [0.1, 0.15) is 23.3 Å². The lowest BCUT2D eigenvalue weighted by Crippen LogP contribution is -2.44. The molecule has 4 aromatic rings. The number of aliphatic hydroxyl groups excluding tert-OH is 1. The Balaban J connectivity index is 1.21. The van der Waals surface area contributed by atoms with Crippen molar-refractivity contribution in [1.82, 2.24) is 29.8 Å². The van der Waals surface area contributed by atoms with Crippen LogP contribution < -0.4 is 15.1 Å². The standard InChI is InChI=1S/C30H35N9O/c1-37-12-14-38(15-13-37)27-6-2-5-25(35-27)34-26-16-21(9-10-32-26)29-33-24-18-31-17-23(20-7-8-20)28(24)30(36-29)39-11-3-4-22(40)19-39/h2,5-6,9-10,16-18,20,22,40H,3-4,7-8,11-15,19H2,1H3,(H,32,34,35). The molecule has 0 bridgehead atoms. The highest BCUT2D eigenvalue weighted by molar-refractivity contribution is 5.94. The molecule has 206 valence electrons. The Bertz CT molecular complexity index is 1520. The van der Waals surface area contributed by atoms with E-state index in [1.54, 1.807) is 6.20 Å². The number of piperidine rings is 1. The minimum absolute atomic E-state index is 0.348. The third kappa shape index (κ3) is 5.16. The maximum Gasteiger partial charge on any atom is 0.162 e. The second-order valence-corrected chi connectivity index (χ2v) is 11.2. The average molecular weight is 538 g/mol. The quantitative estimate of drug-likeness (QED) is 0.377. The Morgan fingerprint density at radius 3 is 2.60 bits per heavy atom. The summed E-state index contributed by atoms with van der Waals surface area (Å²) in [6.45, 7) is 5.45. The molecule has 2 saturated heterocycles. The molecule has 3 fully saturated rings. The van der Waals surface area contributed by atoms with Crippen molar-refractivity contribution in [3.05, 3.63) is 54.5 Å². The van der Waals surface area contributed by atoms with Crippen molar-refractivity contribution in [3.63, 3.8) is 0 Å². The van der Waals surface area contributed by atoms with Crippen LogP contribution in [0.25, 0.3) is 22.3 Å². The number of piperazine rings is 1. The van der Waals surface area contributed by atoms with Crippen molar-refractivity contribution in [3.8, 4) is 11.4 Å². The number of hydrogen-bond acceptors (Lipinski definition) is 10. The van der Waals surface area contributed by atoms with E-state index in [1.165, 1.54) is 18.4 Å². The average Bonchev–Trinajstić information content (AvgIpc) is 3.83. The maximum absolute atomic E-state index is 10.5. The Labute approximate surface area is 234 Å². The number of hydrogen-bond donors (Lipinski definition) is 2. The van der Waals surface area contributed by atoms with Crippen LogP contribution in [0.2, 0.25) is 0 Å². The van der Waals surface area contributed by atoms with E-state index >= 15 is 0 Å². The van der Waals surface area contributed by atoms with Gasteiger partial charge in [0.2, 0.25) is 0 Å². The highest BCUT2D eigenvalue weighted by atomic mass is 16.3. The first-order valence-corrected chi connectivity index (χ1v) is 14.3. The molecule has 1 atom stereocenters. The predicted octanol–water partition coefficient (Wildman–Crippen LogP) is 3.82. The molecule has 2 N–H and O–H groups in total. The molecule has 0 amide bonds. The molecule has 0 spiro atoms. The van der Waals surface area contributed by atoms with E-state index in [1.807, 2.05) is 36.7 Å². The summed E-state index contributed by atoms with van der Waals surface area (Å²) in [5.74, 6) is 4.45. The van der Waals surface area contributed by atoms with Gasteiger partial charge in [-0.25, -0.2) is 19.9 Å². The first-order chi connectivity index (χ1) is 19.6. The highest BCUT2D eigenvalue weighted by Gasteiger charge is 2.30. The number of β-amino-alcohol motifs (C(OH)–C–C–N with tert-alkyl or cyclic N) is 1. The lowest BCUT2D eigenvalue weighted by molar-refractivity contribution is 0.154. The summed E-state index contributed by atoms with van der Waals surface area (Å²) in [7, 11) is 2.15. The highest BCUT2D eigenvalue weighted by Crippen LogP contribution is 2.45. The van der Waals surface area contributed by atoms with E-state index in [9.17, 15) is 5.11 Å². The van der Waals surface area contributed by atoms with Gasteiger partial charge in [0.15, 0.2) is 5.82 Å². The van der Waals surface area contributed by atoms with Crippen LogP contribution in [0.15, 0.2) is 48.9 Å². The Morgan fingerprint density at radius 1 is 0.900 bits per heavy atom. The smallest absolute Gasteiger partial charge is 0.162 e. The molecule has 7 rings (SSSR count). The molecule has 1 aliphatic carbocycles. The molecule has 0 radical (unpaired) electrons. The van der Waals surface area contributed by atoms with Gasteiger partial charge in [-0.1, -0.05) is 6.07 Å². The maximum atomic E-state index is 10.5. The zero-order valence-electron chi connectivity index (χ0n) is 22.9. The van der Waals surface area contributed by atoms with Crippen molar-refractivity contribution in [2.24, 2.45) is 0 Å². The van der Waals surface area contributed by atoms with Gasteiger partial charge >= 0.3 is 0 Å². The van der Waals surface area contributed by atoms with E-state index in [-0.39, 0.29) is 6.10 Å². The Morgan fingerprint density at radius 2 is 1.77 bits per heavy atom. The lowest BCUT2D eigenvalue weighted by Gasteiger charge is -2.33. The van der Waals surface area contributed by atoms with E-state index < -0.39 is 0 Å². The monoisotopic (exact) mass is 537 g/mol.